The molecule has 0 radical (unpaired) electrons. The molecule has 0 spiro atoms. The lowest BCUT2D eigenvalue weighted by molar-refractivity contribution is 0.0987. The zero-order valence-electron chi connectivity index (χ0n) is 15.8. The molecular formula is C22H15F2N5O. The second-order valence-corrected chi connectivity index (χ2v) is 6.89. The van der Waals surface area contributed by atoms with Crippen LogP contribution in [0.3, 0.4) is 0 Å². The van der Waals surface area contributed by atoms with Crippen molar-refractivity contribution in [2.24, 2.45) is 0 Å². The molecule has 0 saturated heterocycles. The SMILES string of the molecule is CN(C(=O)c1cn2c(-c3ccc4[nH]ccc4c3)cnc2cn1)c1ccc(F)c(F)c1. The summed E-state index contributed by atoms with van der Waals surface area (Å²) in [5.41, 5.74) is 3.74. The number of rotatable bonds is 3. The fourth-order valence-corrected chi connectivity index (χ4v) is 3.41. The van der Waals surface area contributed by atoms with Crippen molar-refractivity contribution in [2.75, 3.05) is 11.9 Å². The Morgan fingerprint density at radius 2 is 1.90 bits per heavy atom. The number of hydrogen-bond donors (Lipinski definition) is 1. The maximum absolute atomic E-state index is 13.6. The minimum atomic E-state index is -1.02. The Hall–Kier alpha value is -4.07. The van der Waals surface area contributed by atoms with Gasteiger partial charge >= 0.3 is 0 Å². The number of carbonyl (C=O) groups is 1. The fraction of sp³-hybridized carbons (Fsp3) is 0.0455. The first-order chi connectivity index (χ1) is 14.5. The molecule has 2 aromatic carbocycles. The van der Waals surface area contributed by atoms with Gasteiger partial charge in [-0.15, -0.1) is 0 Å². The van der Waals surface area contributed by atoms with Gasteiger partial charge in [0.2, 0.25) is 0 Å². The maximum Gasteiger partial charge on any atom is 0.278 e. The van der Waals surface area contributed by atoms with Crippen molar-refractivity contribution in [3.8, 4) is 11.3 Å². The summed E-state index contributed by atoms with van der Waals surface area (Å²) in [6.07, 6.45) is 6.69. The van der Waals surface area contributed by atoms with Gasteiger partial charge in [-0.25, -0.2) is 18.7 Å². The number of aromatic amines is 1. The summed E-state index contributed by atoms with van der Waals surface area (Å²) in [6.45, 7) is 0. The van der Waals surface area contributed by atoms with Gasteiger partial charge in [0.1, 0.15) is 5.69 Å². The highest BCUT2D eigenvalue weighted by Gasteiger charge is 2.18. The van der Waals surface area contributed by atoms with Crippen LogP contribution in [0, 0.1) is 11.6 Å². The van der Waals surface area contributed by atoms with Gasteiger partial charge < -0.3 is 9.88 Å². The number of imidazole rings is 1. The summed E-state index contributed by atoms with van der Waals surface area (Å²) in [5, 5.41) is 1.06. The number of carbonyl (C=O) groups excluding carboxylic acids is 1. The summed E-state index contributed by atoms with van der Waals surface area (Å²) in [5.74, 6) is -2.45. The van der Waals surface area contributed by atoms with Gasteiger partial charge in [0.05, 0.1) is 18.1 Å². The van der Waals surface area contributed by atoms with E-state index in [2.05, 4.69) is 15.0 Å². The molecule has 0 aliphatic heterocycles. The number of nitrogens with zero attached hydrogens (tertiary/aromatic N) is 4. The molecule has 8 heteroatoms. The monoisotopic (exact) mass is 403 g/mol. The normalized spacial score (nSPS) is 11.3. The van der Waals surface area contributed by atoms with E-state index in [-0.39, 0.29) is 11.4 Å². The molecule has 5 rings (SSSR count). The number of nitrogens with one attached hydrogen (secondary N) is 1. The van der Waals surface area contributed by atoms with Crippen LogP contribution >= 0.6 is 0 Å². The van der Waals surface area contributed by atoms with Crippen molar-refractivity contribution in [3.63, 3.8) is 0 Å². The van der Waals surface area contributed by atoms with Crippen LogP contribution in [0.2, 0.25) is 0 Å². The van der Waals surface area contributed by atoms with Crippen LogP contribution in [0.5, 0.6) is 0 Å². The fourth-order valence-electron chi connectivity index (χ4n) is 3.41. The van der Waals surface area contributed by atoms with E-state index in [1.165, 1.54) is 24.2 Å². The van der Waals surface area contributed by atoms with E-state index in [1.807, 2.05) is 30.5 Å². The van der Waals surface area contributed by atoms with Gasteiger partial charge in [0.25, 0.3) is 5.91 Å². The predicted octanol–water partition coefficient (Wildman–Crippen LogP) is 4.43. The highest BCUT2D eigenvalue weighted by atomic mass is 19.2. The van der Waals surface area contributed by atoms with E-state index in [0.29, 0.717) is 5.65 Å². The molecule has 0 aliphatic rings. The molecule has 3 heterocycles. The first-order valence-corrected chi connectivity index (χ1v) is 9.15. The topological polar surface area (TPSA) is 66.3 Å². The van der Waals surface area contributed by atoms with Crippen LogP contribution in [-0.4, -0.2) is 32.3 Å². The van der Waals surface area contributed by atoms with E-state index in [1.54, 1.807) is 16.8 Å². The summed E-state index contributed by atoms with van der Waals surface area (Å²) >= 11 is 0. The number of H-pyrrole nitrogens is 1. The third-order valence-corrected chi connectivity index (χ3v) is 5.06. The third kappa shape index (κ3) is 2.89. The summed E-state index contributed by atoms with van der Waals surface area (Å²) in [4.78, 5) is 25.8. The Morgan fingerprint density at radius 3 is 2.73 bits per heavy atom. The first-order valence-electron chi connectivity index (χ1n) is 9.15. The Bertz CT molecular complexity index is 1420. The number of benzene rings is 2. The molecular weight excluding hydrogens is 388 g/mol. The van der Waals surface area contributed by atoms with Crippen LogP contribution in [0.15, 0.2) is 67.3 Å². The average molecular weight is 403 g/mol. The van der Waals surface area contributed by atoms with Gasteiger partial charge in [-0.1, -0.05) is 6.07 Å². The van der Waals surface area contributed by atoms with Crippen LogP contribution in [-0.2, 0) is 0 Å². The molecule has 0 bridgehead atoms. The van der Waals surface area contributed by atoms with Crippen LogP contribution in [0.1, 0.15) is 10.5 Å². The number of aromatic nitrogens is 4. The van der Waals surface area contributed by atoms with Crippen LogP contribution < -0.4 is 4.90 Å². The van der Waals surface area contributed by atoms with Gasteiger partial charge in [-0.05, 0) is 30.3 Å². The maximum atomic E-state index is 13.6. The van der Waals surface area contributed by atoms with Gasteiger partial charge in [-0.3, -0.25) is 9.20 Å². The molecule has 1 amide bonds. The van der Waals surface area contributed by atoms with Crippen LogP contribution in [0.25, 0.3) is 27.8 Å². The Kier molecular flexibility index (Phi) is 4.06. The molecule has 0 saturated carbocycles. The van der Waals surface area contributed by atoms with Gasteiger partial charge in [-0.2, -0.15) is 0 Å². The van der Waals surface area contributed by atoms with E-state index in [4.69, 9.17) is 0 Å². The van der Waals surface area contributed by atoms with Crippen molar-refractivity contribution < 1.29 is 13.6 Å². The lowest BCUT2D eigenvalue weighted by Gasteiger charge is -2.17. The number of amides is 1. The average Bonchev–Trinajstić information content (AvgIpc) is 3.40. The van der Waals surface area contributed by atoms with Crippen molar-refractivity contribution in [2.45, 2.75) is 0 Å². The largest absolute Gasteiger partial charge is 0.361 e. The zero-order chi connectivity index (χ0) is 20.8. The summed E-state index contributed by atoms with van der Waals surface area (Å²) < 4.78 is 28.5. The number of anilines is 1. The smallest absolute Gasteiger partial charge is 0.278 e. The summed E-state index contributed by atoms with van der Waals surface area (Å²) in [6, 6.07) is 11.3. The van der Waals surface area contributed by atoms with E-state index >= 15 is 0 Å². The zero-order valence-corrected chi connectivity index (χ0v) is 15.8. The quantitative estimate of drug-likeness (QED) is 0.485. The Labute approximate surface area is 169 Å². The Balaban J connectivity index is 1.54. The van der Waals surface area contributed by atoms with Crippen LogP contribution in [0.4, 0.5) is 14.5 Å². The molecule has 5 aromatic rings. The van der Waals surface area contributed by atoms with Gasteiger partial charge in [0.15, 0.2) is 17.3 Å². The van der Waals surface area contributed by atoms with Crippen molar-refractivity contribution in [3.05, 3.63) is 84.6 Å². The Morgan fingerprint density at radius 1 is 1.03 bits per heavy atom. The van der Waals surface area contributed by atoms with Gasteiger partial charge in [0, 0.05) is 47.7 Å². The minimum Gasteiger partial charge on any atom is -0.361 e. The third-order valence-electron chi connectivity index (χ3n) is 5.06. The van der Waals surface area contributed by atoms with Crippen molar-refractivity contribution in [1.29, 1.82) is 0 Å². The lowest BCUT2D eigenvalue weighted by Crippen LogP contribution is -2.27. The molecule has 0 atom stereocenters. The number of fused-ring (bicyclic) bond motifs is 2. The van der Waals surface area contributed by atoms with E-state index < -0.39 is 17.5 Å². The molecule has 0 unspecified atom stereocenters. The second kappa shape index (κ2) is 6.77. The summed E-state index contributed by atoms with van der Waals surface area (Å²) in [7, 11) is 1.48. The molecule has 148 valence electrons. The molecule has 0 fully saturated rings. The molecule has 3 aromatic heterocycles. The van der Waals surface area contributed by atoms with E-state index in [0.717, 1.165) is 34.3 Å². The molecule has 6 nitrogen and oxygen atoms in total. The second-order valence-electron chi connectivity index (χ2n) is 6.89. The lowest BCUT2D eigenvalue weighted by atomic mass is 10.1. The first kappa shape index (κ1) is 18.0. The number of halogens is 2. The van der Waals surface area contributed by atoms with Crippen molar-refractivity contribution in [1.82, 2.24) is 19.4 Å². The predicted molar refractivity (Wildman–Crippen MR) is 109 cm³/mol. The van der Waals surface area contributed by atoms with Crippen molar-refractivity contribution >= 4 is 28.1 Å². The molecule has 1 N–H and O–H groups in total. The number of hydrogen-bond acceptors (Lipinski definition) is 3. The van der Waals surface area contributed by atoms with E-state index in [9.17, 15) is 13.6 Å². The highest BCUT2D eigenvalue weighted by molar-refractivity contribution is 6.04. The molecule has 30 heavy (non-hydrogen) atoms. The minimum absolute atomic E-state index is 0.150. The molecule has 0 aliphatic carbocycles. The highest BCUT2D eigenvalue weighted by Crippen LogP contribution is 2.25. The standard InChI is InChI=1S/C22H15F2N5O/c1-28(15-3-4-16(23)17(24)9-15)22(30)19-12-29-20(10-27-21(29)11-26-19)14-2-5-18-13(8-14)6-7-25-18/h2-12,25H,1H3.